The molecule has 1 aliphatic heterocycles. The highest BCUT2D eigenvalue weighted by Crippen LogP contribution is 2.25. The summed E-state index contributed by atoms with van der Waals surface area (Å²) in [5.74, 6) is -2.30. The van der Waals surface area contributed by atoms with Gasteiger partial charge < -0.3 is 25.4 Å². The summed E-state index contributed by atoms with van der Waals surface area (Å²) in [6.07, 6.45) is 0. The molecule has 0 saturated carbocycles. The van der Waals surface area contributed by atoms with Gasteiger partial charge in [0.15, 0.2) is 0 Å². The largest absolute Gasteiger partial charge is 0.466 e. The molecule has 0 aromatic heterocycles. The fourth-order valence-corrected chi connectivity index (χ4v) is 2.38. The standard InChI is InChI=1S/C16H18FN3O5/c1-9(22)18-13-4-3-10(7-12(13)17)19-14-11(16(24)25-2)8-20(5-6-21)15(14)23/h3-4,7,19,21H,5-6,8H2,1-2H3,(H,18,22). The minimum atomic E-state index is -0.696. The van der Waals surface area contributed by atoms with Crippen LogP contribution < -0.4 is 10.6 Å². The number of hydrogen-bond acceptors (Lipinski definition) is 6. The van der Waals surface area contributed by atoms with Gasteiger partial charge in [-0.1, -0.05) is 0 Å². The number of nitrogens with zero attached hydrogens (tertiary/aromatic N) is 1. The number of ether oxygens (including phenoxy) is 1. The number of aliphatic hydroxyl groups is 1. The third kappa shape index (κ3) is 4.13. The normalized spacial score (nSPS) is 13.9. The van der Waals surface area contributed by atoms with Gasteiger partial charge in [-0.15, -0.1) is 0 Å². The Morgan fingerprint density at radius 2 is 2.12 bits per heavy atom. The first-order valence-electron chi connectivity index (χ1n) is 7.43. The Morgan fingerprint density at radius 1 is 1.40 bits per heavy atom. The van der Waals surface area contributed by atoms with Gasteiger partial charge in [0.2, 0.25) is 5.91 Å². The van der Waals surface area contributed by atoms with Gasteiger partial charge in [0.25, 0.3) is 5.91 Å². The highest BCUT2D eigenvalue weighted by molar-refractivity contribution is 6.08. The first-order valence-corrected chi connectivity index (χ1v) is 7.43. The van der Waals surface area contributed by atoms with E-state index >= 15 is 0 Å². The van der Waals surface area contributed by atoms with E-state index in [-0.39, 0.29) is 42.3 Å². The molecule has 1 aromatic carbocycles. The summed E-state index contributed by atoms with van der Waals surface area (Å²) in [4.78, 5) is 36.5. The summed E-state index contributed by atoms with van der Waals surface area (Å²) in [6.45, 7) is 1.04. The smallest absolute Gasteiger partial charge is 0.337 e. The van der Waals surface area contributed by atoms with Crippen molar-refractivity contribution in [1.29, 1.82) is 0 Å². The Morgan fingerprint density at radius 3 is 2.68 bits per heavy atom. The van der Waals surface area contributed by atoms with Crippen LogP contribution in [0.2, 0.25) is 0 Å². The summed E-state index contributed by atoms with van der Waals surface area (Å²) < 4.78 is 18.7. The van der Waals surface area contributed by atoms with E-state index in [2.05, 4.69) is 15.4 Å². The molecule has 0 bridgehead atoms. The number of benzene rings is 1. The molecule has 3 N–H and O–H groups in total. The van der Waals surface area contributed by atoms with Crippen molar-refractivity contribution >= 4 is 29.2 Å². The molecule has 0 unspecified atom stereocenters. The summed E-state index contributed by atoms with van der Waals surface area (Å²) in [7, 11) is 1.19. The minimum absolute atomic E-state index is 0.000114. The van der Waals surface area contributed by atoms with E-state index in [0.717, 1.165) is 6.07 Å². The van der Waals surface area contributed by atoms with Gasteiger partial charge in [-0.25, -0.2) is 9.18 Å². The lowest BCUT2D eigenvalue weighted by Gasteiger charge is -2.15. The number of amides is 2. The van der Waals surface area contributed by atoms with E-state index in [1.165, 1.54) is 31.1 Å². The molecule has 0 spiro atoms. The highest BCUT2D eigenvalue weighted by atomic mass is 19.1. The maximum Gasteiger partial charge on any atom is 0.337 e. The van der Waals surface area contributed by atoms with Crippen molar-refractivity contribution in [3.8, 4) is 0 Å². The predicted molar refractivity (Wildman–Crippen MR) is 87.0 cm³/mol. The number of anilines is 2. The van der Waals surface area contributed by atoms with E-state index < -0.39 is 23.6 Å². The Bertz CT molecular complexity index is 747. The van der Waals surface area contributed by atoms with Crippen LogP contribution in [0.5, 0.6) is 0 Å². The molecular weight excluding hydrogens is 333 g/mol. The Hall–Kier alpha value is -2.94. The van der Waals surface area contributed by atoms with E-state index in [0.29, 0.717) is 0 Å². The van der Waals surface area contributed by atoms with Gasteiger partial charge >= 0.3 is 5.97 Å². The first kappa shape index (κ1) is 18.4. The van der Waals surface area contributed by atoms with Crippen LogP contribution in [0.4, 0.5) is 15.8 Å². The van der Waals surface area contributed by atoms with Crippen LogP contribution in [0.1, 0.15) is 6.92 Å². The number of carbonyl (C=O) groups is 3. The average Bonchev–Trinajstić information content (AvgIpc) is 2.86. The molecular formula is C16H18FN3O5. The Labute approximate surface area is 143 Å². The third-order valence-corrected chi connectivity index (χ3v) is 3.50. The lowest BCUT2D eigenvalue weighted by atomic mass is 10.2. The first-order chi connectivity index (χ1) is 11.9. The SMILES string of the molecule is COC(=O)C1=C(Nc2ccc(NC(C)=O)c(F)c2)C(=O)N(CCO)C1. The maximum atomic E-state index is 14.0. The molecule has 25 heavy (non-hydrogen) atoms. The second kappa shape index (κ2) is 7.75. The lowest BCUT2D eigenvalue weighted by Crippen LogP contribution is -2.31. The minimum Gasteiger partial charge on any atom is -0.466 e. The van der Waals surface area contributed by atoms with Crippen molar-refractivity contribution in [3.63, 3.8) is 0 Å². The number of rotatable bonds is 6. The van der Waals surface area contributed by atoms with E-state index in [4.69, 9.17) is 5.11 Å². The number of aliphatic hydroxyl groups excluding tert-OH is 1. The van der Waals surface area contributed by atoms with Gasteiger partial charge in [0.05, 0.1) is 31.5 Å². The van der Waals surface area contributed by atoms with Crippen molar-refractivity contribution in [1.82, 2.24) is 4.90 Å². The predicted octanol–water partition coefficient (Wildman–Crippen LogP) is 0.458. The van der Waals surface area contributed by atoms with Crippen LogP contribution in [-0.4, -0.2) is 54.6 Å². The van der Waals surface area contributed by atoms with Gasteiger partial charge in [0.1, 0.15) is 11.5 Å². The highest BCUT2D eigenvalue weighted by Gasteiger charge is 2.34. The Balaban J connectivity index is 2.28. The molecule has 1 heterocycles. The number of carbonyl (C=O) groups excluding carboxylic acids is 3. The van der Waals surface area contributed by atoms with Crippen LogP contribution >= 0.6 is 0 Å². The molecule has 1 aromatic rings. The Kier molecular flexibility index (Phi) is 5.71. The quantitative estimate of drug-likeness (QED) is 0.643. The number of halogens is 1. The van der Waals surface area contributed by atoms with E-state index in [9.17, 15) is 18.8 Å². The molecule has 2 amide bonds. The molecule has 0 atom stereocenters. The number of esters is 1. The number of β-amino-alcohol motifs (C(OH)–C–C–N with tert-alkyl or cyclic N) is 1. The summed E-state index contributed by atoms with van der Waals surface area (Å²) in [6, 6.07) is 3.88. The summed E-state index contributed by atoms with van der Waals surface area (Å²) >= 11 is 0. The molecule has 8 nitrogen and oxygen atoms in total. The van der Waals surface area contributed by atoms with Gasteiger partial charge in [-0.3, -0.25) is 9.59 Å². The molecule has 2 rings (SSSR count). The van der Waals surface area contributed by atoms with Crippen molar-refractivity contribution in [2.75, 3.05) is 37.4 Å². The molecule has 0 fully saturated rings. The monoisotopic (exact) mass is 351 g/mol. The van der Waals surface area contributed by atoms with Crippen molar-refractivity contribution < 1.29 is 28.6 Å². The van der Waals surface area contributed by atoms with Crippen LogP contribution in [-0.2, 0) is 19.1 Å². The number of hydrogen-bond donors (Lipinski definition) is 3. The number of methoxy groups -OCH3 is 1. The maximum absolute atomic E-state index is 14.0. The fraction of sp³-hybridized carbons (Fsp3) is 0.312. The van der Waals surface area contributed by atoms with E-state index in [1.807, 2.05) is 0 Å². The van der Waals surface area contributed by atoms with Crippen LogP contribution in [0.3, 0.4) is 0 Å². The molecule has 0 saturated heterocycles. The zero-order chi connectivity index (χ0) is 18.6. The fourth-order valence-electron chi connectivity index (χ4n) is 2.38. The topological polar surface area (TPSA) is 108 Å². The summed E-state index contributed by atoms with van der Waals surface area (Å²) in [5.41, 5.74) is 0.279. The van der Waals surface area contributed by atoms with Gasteiger partial charge in [-0.05, 0) is 18.2 Å². The second-order valence-corrected chi connectivity index (χ2v) is 5.30. The van der Waals surface area contributed by atoms with Crippen LogP contribution in [0.15, 0.2) is 29.5 Å². The molecule has 0 radical (unpaired) electrons. The van der Waals surface area contributed by atoms with Crippen LogP contribution in [0.25, 0.3) is 0 Å². The second-order valence-electron chi connectivity index (χ2n) is 5.30. The van der Waals surface area contributed by atoms with Crippen molar-refractivity contribution in [3.05, 3.63) is 35.3 Å². The van der Waals surface area contributed by atoms with Crippen molar-refractivity contribution in [2.45, 2.75) is 6.92 Å². The summed E-state index contributed by atoms with van der Waals surface area (Å²) in [5, 5.41) is 14.1. The molecule has 1 aliphatic rings. The molecule has 0 aliphatic carbocycles. The lowest BCUT2D eigenvalue weighted by molar-refractivity contribution is -0.136. The van der Waals surface area contributed by atoms with E-state index in [1.54, 1.807) is 0 Å². The van der Waals surface area contributed by atoms with Gasteiger partial charge in [-0.2, -0.15) is 0 Å². The number of nitrogens with one attached hydrogen (secondary N) is 2. The van der Waals surface area contributed by atoms with Crippen LogP contribution in [0, 0.1) is 5.82 Å². The zero-order valence-electron chi connectivity index (χ0n) is 13.8. The molecule has 9 heteroatoms. The third-order valence-electron chi connectivity index (χ3n) is 3.50. The molecule has 134 valence electrons. The zero-order valence-corrected chi connectivity index (χ0v) is 13.8. The van der Waals surface area contributed by atoms with Gasteiger partial charge in [0, 0.05) is 19.2 Å². The van der Waals surface area contributed by atoms with Crippen molar-refractivity contribution in [2.24, 2.45) is 0 Å². The average molecular weight is 351 g/mol.